The molecule has 0 aliphatic carbocycles. The van der Waals surface area contributed by atoms with E-state index in [-0.39, 0.29) is 0 Å². The molecule has 0 bridgehead atoms. The molecule has 2 N–H and O–H groups in total. The third-order valence-corrected chi connectivity index (χ3v) is 6.44. The molecule has 0 radical (unpaired) electrons. The van der Waals surface area contributed by atoms with Gasteiger partial charge in [0.05, 0.1) is 20.8 Å². The molecule has 3 nitrogen and oxygen atoms in total. The van der Waals surface area contributed by atoms with Crippen molar-refractivity contribution in [2.75, 3.05) is 18.4 Å². The zero-order valence-electron chi connectivity index (χ0n) is 13.5. The quantitative estimate of drug-likeness (QED) is 0.659. The van der Waals surface area contributed by atoms with Crippen molar-refractivity contribution in [1.82, 2.24) is 10.3 Å². The molecule has 132 valence electrons. The summed E-state index contributed by atoms with van der Waals surface area (Å²) in [6, 6.07) is 3.79. The van der Waals surface area contributed by atoms with Gasteiger partial charge in [-0.05, 0) is 43.7 Å². The Morgan fingerprint density at radius 3 is 2.88 bits per heavy atom. The fraction of sp³-hybridized carbons (Fsp3) is 0.353. The maximum Gasteiger partial charge on any atom is 0.416 e. The monoisotopic (exact) mass is 383 g/mol. The van der Waals surface area contributed by atoms with Crippen LogP contribution in [0, 0.1) is 0 Å². The number of nitrogens with zero attached hydrogens (tertiary/aromatic N) is 1. The number of aromatic nitrogens is 1. The summed E-state index contributed by atoms with van der Waals surface area (Å²) in [6.07, 6.45) is -3.43. The number of anilines is 1. The number of fused-ring (bicyclic) bond motifs is 2. The largest absolute Gasteiger partial charge is 0.416 e. The lowest BCUT2D eigenvalue weighted by atomic mass is 10.0. The minimum atomic E-state index is -4.35. The Bertz CT molecular complexity index is 927. The second-order valence-corrected chi connectivity index (χ2v) is 8.00. The van der Waals surface area contributed by atoms with Gasteiger partial charge in [0.2, 0.25) is 0 Å². The SMILES string of the molecule is CCNc1sc2c(c1-c1nc3cc(C(F)(F)F)ccc3s1)CCNC2. The molecule has 25 heavy (non-hydrogen) atoms. The highest BCUT2D eigenvalue weighted by Gasteiger charge is 2.31. The Morgan fingerprint density at radius 2 is 2.12 bits per heavy atom. The summed E-state index contributed by atoms with van der Waals surface area (Å²) in [4.78, 5) is 5.83. The highest BCUT2D eigenvalue weighted by atomic mass is 32.1. The Labute approximate surface area is 150 Å². The molecule has 2 aromatic heterocycles. The molecule has 0 fully saturated rings. The first-order valence-electron chi connectivity index (χ1n) is 8.04. The maximum atomic E-state index is 12.9. The summed E-state index contributed by atoms with van der Waals surface area (Å²) < 4.78 is 39.6. The third kappa shape index (κ3) is 3.02. The van der Waals surface area contributed by atoms with E-state index in [1.54, 1.807) is 11.3 Å². The summed E-state index contributed by atoms with van der Waals surface area (Å²) in [7, 11) is 0. The molecule has 0 saturated heterocycles. The average Bonchev–Trinajstić information content (AvgIpc) is 3.13. The van der Waals surface area contributed by atoms with Crippen molar-refractivity contribution in [3.8, 4) is 10.6 Å². The van der Waals surface area contributed by atoms with Gasteiger partial charge in [-0.2, -0.15) is 13.2 Å². The second-order valence-electron chi connectivity index (χ2n) is 5.86. The number of alkyl halides is 3. The molecule has 0 spiro atoms. The first-order chi connectivity index (χ1) is 12.0. The van der Waals surface area contributed by atoms with Crippen molar-refractivity contribution < 1.29 is 13.2 Å². The zero-order chi connectivity index (χ0) is 17.6. The maximum absolute atomic E-state index is 12.9. The van der Waals surface area contributed by atoms with Crippen LogP contribution in [-0.4, -0.2) is 18.1 Å². The number of hydrogen-bond acceptors (Lipinski definition) is 5. The van der Waals surface area contributed by atoms with Gasteiger partial charge < -0.3 is 10.6 Å². The number of rotatable bonds is 3. The summed E-state index contributed by atoms with van der Waals surface area (Å²) in [6.45, 7) is 4.57. The van der Waals surface area contributed by atoms with Crippen molar-refractivity contribution in [2.24, 2.45) is 0 Å². The van der Waals surface area contributed by atoms with Gasteiger partial charge in [0.1, 0.15) is 5.01 Å². The fourth-order valence-corrected chi connectivity index (χ4v) is 5.43. The first-order valence-corrected chi connectivity index (χ1v) is 9.68. The van der Waals surface area contributed by atoms with Gasteiger partial charge in [0.25, 0.3) is 0 Å². The summed E-state index contributed by atoms with van der Waals surface area (Å²) in [5.41, 5.74) is 2.10. The van der Waals surface area contributed by atoms with Gasteiger partial charge in [-0.15, -0.1) is 22.7 Å². The molecule has 1 aromatic carbocycles. The highest BCUT2D eigenvalue weighted by molar-refractivity contribution is 7.22. The van der Waals surface area contributed by atoms with E-state index in [0.717, 1.165) is 58.5 Å². The summed E-state index contributed by atoms with van der Waals surface area (Å²) in [5, 5.41) is 8.61. The number of thiophene rings is 1. The van der Waals surface area contributed by atoms with Crippen LogP contribution >= 0.6 is 22.7 Å². The molecular formula is C17H16F3N3S2. The van der Waals surface area contributed by atoms with Crippen molar-refractivity contribution in [3.05, 3.63) is 34.2 Å². The van der Waals surface area contributed by atoms with E-state index in [9.17, 15) is 13.2 Å². The van der Waals surface area contributed by atoms with Crippen LogP contribution in [0.3, 0.4) is 0 Å². The lowest BCUT2D eigenvalue weighted by Gasteiger charge is -2.13. The van der Waals surface area contributed by atoms with Gasteiger partial charge in [-0.3, -0.25) is 0 Å². The van der Waals surface area contributed by atoms with Gasteiger partial charge in [-0.1, -0.05) is 0 Å². The Kier molecular flexibility index (Phi) is 4.21. The normalized spacial score (nSPS) is 14.7. The Balaban J connectivity index is 1.85. The Morgan fingerprint density at radius 1 is 1.28 bits per heavy atom. The van der Waals surface area contributed by atoms with Crippen LogP contribution in [0.2, 0.25) is 0 Å². The number of benzene rings is 1. The summed E-state index contributed by atoms with van der Waals surface area (Å²) >= 11 is 3.17. The van der Waals surface area contributed by atoms with Crippen LogP contribution in [-0.2, 0) is 19.1 Å². The molecule has 3 aromatic rings. The molecule has 0 unspecified atom stereocenters. The molecule has 8 heteroatoms. The predicted molar refractivity (Wildman–Crippen MR) is 97.5 cm³/mol. The van der Waals surface area contributed by atoms with Crippen molar-refractivity contribution in [1.29, 1.82) is 0 Å². The van der Waals surface area contributed by atoms with E-state index < -0.39 is 11.7 Å². The summed E-state index contributed by atoms with van der Waals surface area (Å²) in [5.74, 6) is 0. The predicted octanol–water partition coefficient (Wildman–Crippen LogP) is 5.12. The topological polar surface area (TPSA) is 37.0 Å². The van der Waals surface area contributed by atoms with Crippen LogP contribution in [0.4, 0.5) is 18.2 Å². The zero-order valence-corrected chi connectivity index (χ0v) is 15.1. The number of halogens is 3. The lowest BCUT2D eigenvalue weighted by molar-refractivity contribution is -0.137. The number of thiazole rings is 1. The fourth-order valence-electron chi connectivity index (χ4n) is 3.06. The van der Waals surface area contributed by atoms with E-state index in [1.807, 2.05) is 6.92 Å². The molecule has 4 rings (SSSR count). The van der Waals surface area contributed by atoms with Crippen LogP contribution < -0.4 is 10.6 Å². The van der Waals surface area contributed by atoms with Crippen molar-refractivity contribution >= 4 is 37.9 Å². The lowest BCUT2D eigenvalue weighted by Crippen LogP contribution is -2.22. The van der Waals surface area contributed by atoms with Crippen LogP contribution in [0.25, 0.3) is 20.8 Å². The average molecular weight is 383 g/mol. The van der Waals surface area contributed by atoms with Gasteiger partial charge in [-0.25, -0.2) is 4.98 Å². The van der Waals surface area contributed by atoms with E-state index in [1.165, 1.54) is 27.8 Å². The molecule has 0 atom stereocenters. The number of hydrogen-bond donors (Lipinski definition) is 2. The van der Waals surface area contributed by atoms with Crippen LogP contribution in [0.15, 0.2) is 18.2 Å². The van der Waals surface area contributed by atoms with Crippen molar-refractivity contribution in [2.45, 2.75) is 26.1 Å². The first kappa shape index (κ1) is 16.8. The Hall–Kier alpha value is -1.64. The molecule has 1 aliphatic rings. The third-order valence-electron chi connectivity index (χ3n) is 4.19. The van der Waals surface area contributed by atoms with E-state index >= 15 is 0 Å². The molecular weight excluding hydrogens is 367 g/mol. The smallest absolute Gasteiger partial charge is 0.377 e. The van der Waals surface area contributed by atoms with Crippen molar-refractivity contribution in [3.63, 3.8) is 0 Å². The van der Waals surface area contributed by atoms with E-state index in [0.29, 0.717) is 5.52 Å². The van der Waals surface area contributed by atoms with E-state index in [4.69, 9.17) is 0 Å². The van der Waals surface area contributed by atoms with Gasteiger partial charge in [0.15, 0.2) is 0 Å². The molecule has 0 amide bonds. The molecule has 1 aliphatic heterocycles. The van der Waals surface area contributed by atoms with Gasteiger partial charge in [0, 0.05) is 23.5 Å². The number of nitrogens with one attached hydrogen (secondary N) is 2. The highest BCUT2D eigenvalue weighted by Crippen LogP contribution is 2.45. The van der Waals surface area contributed by atoms with Crippen LogP contribution in [0.5, 0.6) is 0 Å². The van der Waals surface area contributed by atoms with E-state index in [2.05, 4.69) is 15.6 Å². The minimum absolute atomic E-state index is 0.408. The molecule has 0 saturated carbocycles. The van der Waals surface area contributed by atoms with Gasteiger partial charge >= 0.3 is 6.18 Å². The molecule has 3 heterocycles. The standard InChI is InChI=1S/C17H16F3N3S2/c1-2-22-15-14(10-5-6-21-8-13(10)25-15)16-23-11-7-9(17(18,19)20)3-4-12(11)24-16/h3-4,7,21-22H,2,5-6,8H2,1H3. The second kappa shape index (κ2) is 6.26. The van der Waals surface area contributed by atoms with Crippen LogP contribution in [0.1, 0.15) is 22.9 Å². The minimum Gasteiger partial charge on any atom is -0.377 e.